The molecule has 25 heavy (non-hydrogen) atoms. The summed E-state index contributed by atoms with van der Waals surface area (Å²) in [5.41, 5.74) is 0. The van der Waals surface area contributed by atoms with Gasteiger partial charge in [0.1, 0.15) is 17.5 Å². The van der Waals surface area contributed by atoms with E-state index in [2.05, 4.69) is 10.3 Å². The van der Waals surface area contributed by atoms with Crippen LogP contribution in [0.2, 0.25) is 0 Å². The van der Waals surface area contributed by atoms with Crippen molar-refractivity contribution in [3.8, 4) is 17.4 Å². The van der Waals surface area contributed by atoms with Crippen molar-refractivity contribution in [2.24, 2.45) is 5.92 Å². The average molecular weight is 344 g/mol. The number of pyridine rings is 1. The van der Waals surface area contributed by atoms with Crippen molar-refractivity contribution in [3.05, 3.63) is 48.7 Å². The van der Waals surface area contributed by atoms with E-state index in [9.17, 15) is 9.59 Å². The zero-order chi connectivity index (χ0) is 18.2. The van der Waals surface area contributed by atoms with Crippen LogP contribution in [-0.2, 0) is 9.59 Å². The number of rotatable bonds is 8. The molecule has 0 bridgehead atoms. The summed E-state index contributed by atoms with van der Waals surface area (Å²) in [4.78, 5) is 26.9. The molecule has 2 rings (SSSR count). The Hall–Kier alpha value is -3.09. The third-order valence-electron chi connectivity index (χ3n) is 3.30. The maximum Gasteiger partial charge on any atom is 0.326 e. The Morgan fingerprint density at radius 2 is 1.80 bits per heavy atom. The molecule has 1 aromatic carbocycles. The number of benzene rings is 1. The van der Waals surface area contributed by atoms with Crippen LogP contribution in [0.4, 0.5) is 0 Å². The van der Waals surface area contributed by atoms with Gasteiger partial charge in [-0.15, -0.1) is 0 Å². The molecule has 7 nitrogen and oxygen atoms in total. The maximum atomic E-state index is 11.8. The normalized spacial score (nSPS) is 11.6. The lowest BCUT2D eigenvalue weighted by Gasteiger charge is -2.18. The van der Waals surface area contributed by atoms with Crippen LogP contribution in [0.15, 0.2) is 48.7 Å². The standard InChI is InChI=1S/C18H20N2O5/c1-12(2)17(18(22)23)20-15(21)11-24-13-6-8-14(9-7-13)25-16-5-3-4-10-19-16/h3-10,12,17H,11H2,1-2H3,(H,20,21)(H,22,23)/t17-/m0/s1. The number of hydrogen-bond acceptors (Lipinski definition) is 5. The minimum atomic E-state index is -1.07. The van der Waals surface area contributed by atoms with Crippen LogP contribution in [0.1, 0.15) is 13.8 Å². The summed E-state index contributed by atoms with van der Waals surface area (Å²) < 4.78 is 10.9. The molecular weight excluding hydrogens is 324 g/mol. The Morgan fingerprint density at radius 1 is 1.12 bits per heavy atom. The van der Waals surface area contributed by atoms with Gasteiger partial charge in [-0.25, -0.2) is 9.78 Å². The van der Waals surface area contributed by atoms with Gasteiger partial charge in [0, 0.05) is 12.3 Å². The molecule has 1 amide bonds. The third kappa shape index (κ3) is 5.80. The van der Waals surface area contributed by atoms with E-state index < -0.39 is 17.9 Å². The number of carboxylic acid groups (broad SMARTS) is 1. The molecule has 0 aliphatic rings. The van der Waals surface area contributed by atoms with Crippen molar-refractivity contribution in [2.75, 3.05) is 6.61 Å². The highest BCUT2D eigenvalue weighted by Gasteiger charge is 2.23. The highest BCUT2D eigenvalue weighted by Crippen LogP contribution is 2.22. The van der Waals surface area contributed by atoms with Gasteiger partial charge in [-0.05, 0) is 36.2 Å². The van der Waals surface area contributed by atoms with Crippen LogP contribution in [0.3, 0.4) is 0 Å². The molecule has 0 spiro atoms. The Morgan fingerprint density at radius 3 is 2.36 bits per heavy atom. The topological polar surface area (TPSA) is 97.8 Å². The fraction of sp³-hybridized carbons (Fsp3) is 0.278. The lowest BCUT2D eigenvalue weighted by molar-refractivity contribution is -0.143. The number of ether oxygens (including phenoxy) is 2. The molecule has 0 saturated heterocycles. The van der Waals surface area contributed by atoms with Gasteiger partial charge < -0.3 is 19.9 Å². The first kappa shape index (κ1) is 18.3. The van der Waals surface area contributed by atoms with Crippen LogP contribution in [0.5, 0.6) is 17.4 Å². The molecule has 0 aliphatic carbocycles. The number of carbonyl (C=O) groups is 2. The maximum absolute atomic E-state index is 11.8. The fourth-order valence-corrected chi connectivity index (χ4v) is 2.01. The van der Waals surface area contributed by atoms with Gasteiger partial charge in [0.2, 0.25) is 5.88 Å². The summed E-state index contributed by atoms with van der Waals surface area (Å²) in [5, 5.41) is 11.5. The van der Waals surface area contributed by atoms with E-state index in [1.807, 2.05) is 6.07 Å². The number of aromatic nitrogens is 1. The largest absolute Gasteiger partial charge is 0.484 e. The SMILES string of the molecule is CC(C)[C@H](NC(=O)COc1ccc(Oc2ccccn2)cc1)C(=O)O. The average Bonchev–Trinajstić information content (AvgIpc) is 2.59. The van der Waals surface area contributed by atoms with Gasteiger partial charge >= 0.3 is 5.97 Å². The van der Waals surface area contributed by atoms with Gasteiger partial charge in [0.25, 0.3) is 5.91 Å². The van der Waals surface area contributed by atoms with Crippen LogP contribution in [-0.4, -0.2) is 34.6 Å². The smallest absolute Gasteiger partial charge is 0.326 e. The lowest BCUT2D eigenvalue weighted by atomic mass is 10.1. The predicted octanol–water partition coefficient (Wildman–Crippen LogP) is 2.48. The number of nitrogens with one attached hydrogen (secondary N) is 1. The van der Waals surface area contributed by atoms with Crippen LogP contribution in [0, 0.1) is 5.92 Å². The van der Waals surface area contributed by atoms with Crippen molar-refractivity contribution in [3.63, 3.8) is 0 Å². The first-order valence-corrected chi connectivity index (χ1v) is 7.79. The minimum absolute atomic E-state index is 0.218. The van der Waals surface area contributed by atoms with Crippen molar-refractivity contribution >= 4 is 11.9 Å². The highest BCUT2D eigenvalue weighted by atomic mass is 16.5. The first-order chi connectivity index (χ1) is 12.0. The van der Waals surface area contributed by atoms with Crippen molar-refractivity contribution < 1.29 is 24.2 Å². The van der Waals surface area contributed by atoms with Crippen molar-refractivity contribution in [2.45, 2.75) is 19.9 Å². The van der Waals surface area contributed by atoms with Gasteiger partial charge in [-0.2, -0.15) is 0 Å². The first-order valence-electron chi connectivity index (χ1n) is 7.79. The molecular formula is C18H20N2O5. The number of amides is 1. The van der Waals surface area contributed by atoms with E-state index in [-0.39, 0.29) is 12.5 Å². The van der Waals surface area contributed by atoms with Crippen LogP contribution < -0.4 is 14.8 Å². The highest BCUT2D eigenvalue weighted by molar-refractivity contribution is 5.84. The summed E-state index contributed by atoms with van der Waals surface area (Å²) in [6.07, 6.45) is 1.63. The minimum Gasteiger partial charge on any atom is -0.484 e. The van der Waals surface area contributed by atoms with E-state index in [1.54, 1.807) is 56.4 Å². The fourth-order valence-electron chi connectivity index (χ4n) is 2.01. The van der Waals surface area contributed by atoms with E-state index in [0.717, 1.165) is 0 Å². The van der Waals surface area contributed by atoms with Crippen LogP contribution >= 0.6 is 0 Å². The predicted molar refractivity (Wildman–Crippen MR) is 90.7 cm³/mol. The summed E-state index contributed by atoms with van der Waals surface area (Å²) in [6.45, 7) is 3.18. The summed E-state index contributed by atoms with van der Waals surface area (Å²) in [7, 11) is 0. The number of hydrogen-bond donors (Lipinski definition) is 2. The van der Waals surface area contributed by atoms with Crippen LogP contribution in [0.25, 0.3) is 0 Å². The molecule has 1 atom stereocenters. The molecule has 0 fully saturated rings. The van der Waals surface area contributed by atoms with E-state index >= 15 is 0 Å². The molecule has 2 N–H and O–H groups in total. The Balaban J connectivity index is 1.85. The number of carbonyl (C=O) groups excluding carboxylic acids is 1. The quantitative estimate of drug-likeness (QED) is 0.763. The number of carboxylic acids is 1. The van der Waals surface area contributed by atoms with Gasteiger partial charge in [0.15, 0.2) is 6.61 Å². The molecule has 132 valence electrons. The van der Waals surface area contributed by atoms with E-state index in [0.29, 0.717) is 17.4 Å². The van der Waals surface area contributed by atoms with Crippen molar-refractivity contribution in [1.29, 1.82) is 0 Å². The molecule has 0 unspecified atom stereocenters. The van der Waals surface area contributed by atoms with Gasteiger partial charge in [0.05, 0.1) is 0 Å². The van der Waals surface area contributed by atoms with Crippen molar-refractivity contribution in [1.82, 2.24) is 10.3 Å². The molecule has 0 saturated carbocycles. The molecule has 7 heteroatoms. The molecule has 2 aromatic rings. The van der Waals surface area contributed by atoms with Gasteiger partial charge in [-0.1, -0.05) is 19.9 Å². The summed E-state index contributed by atoms with van der Waals surface area (Å²) >= 11 is 0. The monoisotopic (exact) mass is 344 g/mol. The Labute approximate surface area is 145 Å². The second-order valence-corrected chi connectivity index (χ2v) is 5.66. The molecule has 1 heterocycles. The molecule has 1 aromatic heterocycles. The Kier molecular flexibility index (Phi) is 6.33. The van der Waals surface area contributed by atoms with Gasteiger partial charge in [-0.3, -0.25) is 4.79 Å². The second kappa shape index (κ2) is 8.68. The lowest BCUT2D eigenvalue weighted by Crippen LogP contribution is -2.46. The van der Waals surface area contributed by atoms with E-state index in [4.69, 9.17) is 14.6 Å². The number of nitrogens with zero attached hydrogens (tertiary/aromatic N) is 1. The summed E-state index contributed by atoms with van der Waals surface area (Å²) in [5.74, 6) is -0.246. The van der Waals surface area contributed by atoms with E-state index in [1.165, 1.54) is 0 Å². The molecule has 0 aliphatic heterocycles. The number of aliphatic carboxylic acids is 1. The zero-order valence-electron chi connectivity index (χ0n) is 14.0. The summed E-state index contributed by atoms with van der Waals surface area (Å²) in [6, 6.07) is 11.1. The molecule has 0 radical (unpaired) electrons. The second-order valence-electron chi connectivity index (χ2n) is 5.66. The third-order valence-corrected chi connectivity index (χ3v) is 3.30. The zero-order valence-corrected chi connectivity index (χ0v) is 14.0. The Bertz CT molecular complexity index is 701.